The molecule has 3 rings (SSSR count). The SMILES string of the molecule is B.BN1B=NCC1.BN1B=NCC1.CNc1ccccc1. The third-order valence-electron chi connectivity index (χ3n) is 2.78. The average molecular weight is 280 g/mol. The van der Waals surface area contributed by atoms with Crippen LogP contribution >= 0.6 is 0 Å². The Hall–Kier alpha value is -1.46. The van der Waals surface area contributed by atoms with Gasteiger partial charge in [0.05, 0.1) is 8.41 Å². The van der Waals surface area contributed by atoms with Gasteiger partial charge in [0.1, 0.15) is 0 Å². The van der Waals surface area contributed by atoms with E-state index in [4.69, 9.17) is 0 Å². The molecule has 0 saturated heterocycles. The molecule has 1 aromatic carbocycles. The molecule has 21 heavy (non-hydrogen) atoms. The predicted octanol–water partition coefficient (Wildman–Crippen LogP) is -2.15. The van der Waals surface area contributed by atoms with Crippen molar-refractivity contribution in [1.82, 2.24) is 9.44 Å². The fourth-order valence-electron chi connectivity index (χ4n) is 1.55. The van der Waals surface area contributed by atoms with Crippen molar-refractivity contribution in [2.75, 3.05) is 38.5 Å². The molecule has 108 valence electrons. The van der Waals surface area contributed by atoms with Gasteiger partial charge in [-0.15, -0.1) is 0 Å². The van der Waals surface area contributed by atoms with Gasteiger partial charge in [-0.25, -0.2) is 0 Å². The fourth-order valence-corrected chi connectivity index (χ4v) is 1.55. The molecule has 0 amide bonds. The number of benzene rings is 1. The molecule has 0 spiro atoms. The Labute approximate surface area is 133 Å². The first kappa shape index (κ1) is 19.5. The van der Waals surface area contributed by atoms with Gasteiger partial charge in [0.25, 0.3) is 0 Å². The maximum atomic E-state index is 3.97. The quantitative estimate of drug-likeness (QED) is 0.597. The van der Waals surface area contributed by atoms with Crippen LogP contribution in [0.5, 0.6) is 0 Å². The molecule has 0 fully saturated rings. The van der Waals surface area contributed by atoms with Crippen LogP contribution in [0.25, 0.3) is 0 Å². The monoisotopic (exact) mass is 281 g/mol. The first-order chi connectivity index (χ1) is 9.72. The summed E-state index contributed by atoms with van der Waals surface area (Å²) in [4.78, 5) is 7.93. The van der Waals surface area contributed by atoms with E-state index in [1.807, 2.05) is 67.8 Å². The third kappa shape index (κ3) is 9.99. The van der Waals surface area contributed by atoms with Crippen LogP contribution in [-0.4, -0.2) is 81.5 Å². The Balaban J connectivity index is 0.000000283. The van der Waals surface area contributed by atoms with Gasteiger partial charge in [-0.1, -0.05) is 18.2 Å². The van der Waals surface area contributed by atoms with Crippen LogP contribution in [0.4, 0.5) is 5.69 Å². The number of nitrogens with one attached hydrogen (secondary N) is 1. The molecular formula is C11H24B5N5. The Kier molecular flexibility index (Phi) is 11.4. The molecule has 2 aliphatic heterocycles. The van der Waals surface area contributed by atoms with E-state index in [0.29, 0.717) is 0 Å². The number of nitrogens with zero attached hydrogens (tertiary/aromatic N) is 4. The number of rotatable bonds is 1. The van der Waals surface area contributed by atoms with Gasteiger partial charge in [-0.2, -0.15) is 0 Å². The van der Waals surface area contributed by atoms with E-state index in [-0.39, 0.29) is 8.41 Å². The first-order valence-electron chi connectivity index (χ1n) is 6.85. The third-order valence-corrected chi connectivity index (χ3v) is 2.78. The Morgan fingerprint density at radius 2 is 1.48 bits per heavy atom. The molecule has 0 aromatic heterocycles. The minimum absolute atomic E-state index is 0. The van der Waals surface area contributed by atoms with Crippen LogP contribution in [0.15, 0.2) is 40.1 Å². The van der Waals surface area contributed by atoms with Crippen molar-refractivity contribution in [2.24, 2.45) is 9.79 Å². The molecular weight excluding hydrogens is 256 g/mol. The van der Waals surface area contributed by atoms with Crippen LogP contribution < -0.4 is 5.32 Å². The first-order valence-corrected chi connectivity index (χ1v) is 6.85. The van der Waals surface area contributed by atoms with E-state index < -0.39 is 0 Å². The van der Waals surface area contributed by atoms with Crippen molar-refractivity contribution in [3.63, 3.8) is 0 Å². The van der Waals surface area contributed by atoms with Gasteiger partial charge < -0.3 is 5.32 Å². The van der Waals surface area contributed by atoms with Gasteiger partial charge in [-0.05, 0) is 12.1 Å². The summed E-state index contributed by atoms with van der Waals surface area (Å²) in [6, 6.07) is 10.1. The summed E-state index contributed by atoms with van der Waals surface area (Å²) in [7, 11) is 9.68. The summed E-state index contributed by atoms with van der Waals surface area (Å²) in [6.45, 7) is 4.16. The van der Waals surface area contributed by atoms with E-state index in [1.54, 1.807) is 0 Å². The standard InChI is InChI=1S/C7H9N.2C2H6B2N2.BH3/c1-8-7-5-3-2-4-6-7;2*3-6-2-1-5-4-6;/h2-6,8H,1H3;2*1-3H2;1H3. The molecule has 1 aromatic rings. The van der Waals surface area contributed by atoms with Crippen LogP contribution in [0.1, 0.15) is 0 Å². The van der Waals surface area contributed by atoms with Crippen molar-refractivity contribution in [1.29, 1.82) is 0 Å². The van der Waals surface area contributed by atoms with Gasteiger partial charge >= 0.3 is 75.8 Å². The molecule has 0 radical (unpaired) electrons. The average Bonchev–Trinajstić information content (AvgIpc) is 3.15. The van der Waals surface area contributed by atoms with Crippen LogP contribution in [0, 0.1) is 0 Å². The van der Waals surface area contributed by atoms with Crippen LogP contribution in [0.2, 0.25) is 0 Å². The van der Waals surface area contributed by atoms with Crippen LogP contribution in [-0.2, 0) is 0 Å². The van der Waals surface area contributed by atoms with Crippen molar-refractivity contribution >= 4 is 44.5 Å². The van der Waals surface area contributed by atoms with Crippen molar-refractivity contribution in [3.05, 3.63) is 30.3 Å². The number of anilines is 1. The summed E-state index contributed by atoms with van der Waals surface area (Å²) >= 11 is 0. The summed E-state index contributed by atoms with van der Waals surface area (Å²) in [6.07, 6.45) is 0. The molecule has 2 heterocycles. The second kappa shape index (κ2) is 12.3. The fraction of sp³-hybridized carbons (Fsp3) is 0.455. The Morgan fingerprint density at radius 3 is 1.67 bits per heavy atom. The molecule has 0 saturated carbocycles. The number of hydrogen-bond donors (Lipinski definition) is 1. The molecule has 0 bridgehead atoms. The second-order valence-corrected chi connectivity index (χ2v) is 4.62. The van der Waals surface area contributed by atoms with Gasteiger partial charge in [-0.3, -0.25) is 0 Å². The maximum Gasteiger partial charge on any atom is 0.0337 e. The van der Waals surface area contributed by atoms with Crippen molar-refractivity contribution in [3.8, 4) is 0 Å². The molecule has 0 unspecified atom stereocenters. The molecule has 0 aliphatic carbocycles. The summed E-state index contributed by atoms with van der Waals surface area (Å²) in [5, 5.41) is 3.03. The molecule has 10 heteroatoms. The van der Waals surface area contributed by atoms with E-state index in [9.17, 15) is 0 Å². The Morgan fingerprint density at radius 1 is 1.00 bits per heavy atom. The minimum atomic E-state index is 0. The molecule has 1 N–H and O–H groups in total. The number of hydrogen-bond acceptors (Lipinski definition) is 5. The molecule has 2 aliphatic rings. The summed E-state index contributed by atoms with van der Waals surface area (Å²) < 4.78 is 4.14. The predicted molar refractivity (Wildman–Crippen MR) is 103 cm³/mol. The van der Waals surface area contributed by atoms with E-state index in [1.165, 1.54) is 0 Å². The molecule has 5 nitrogen and oxygen atoms in total. The largest absolute Gasteiger partial charge is 0.388 e. The van der Waals surface area contributed by atoms with E-state index >= 15 is 0 Å². The van der Waals surface area contributed by atoms with Gasteiger partial charge in [0.15, 0.2) is 0 Å². The van der Waals surface area contributed by atoms with E-state index in [2.05, 4.69) is 24.6 Å². The zero-order chi connectivity index (χ0) is 14.6. The zero-order valence-electron chi connectivity index (χ0n) is 12.7. The van der Waals surface area contributed by atoms with E-state index in [0.717, 1.165) is 31.9 Å². The summed E-state index contributed by atoms with van der Waals surface area (Å²) in [5.41, 5.74) is 1.16. The molecule has 0 atom stereocenters. The topological polar surface area (TPSA) is 43.2 Å². The van der Waals surface area contributed by atoms with Crippen molar-refractivity contribution < 1.29 is 0 Å². The maximum absolute atomic E-state index is 3.97. The second-order valence-electron chi connectivity index (χ2n) is 4.62. The van der Waals surface area contributed by atoms with Crippen LogP contribution in [0.3, 0.4) is 0 Å². The normalized spacial score (nSPS) is 13.8. The van der Waals surface area contributed by atoms with Crippen molar-refractivity contribution in [2.45, 2.75) is 0 Å². The number of para-hydroxylation sites is 1. The minimum Gasteiger partial charge on any atom is -0.388 e. The van der Waals surface area contributed by atoms with Gasteiger partial charge in [0.2, 0.25) is 0 Å². The summed E-state index contributed by atoms with van der Waals surface area (Å²) in [5.74, 6) is 0. The Bertz CT molecular complexity index is 397. The zero-order valence-corrected chi connectivity index (χ0v) is 12.7. The van der Waals surface area contributed by atoms with Gasteiger partial charge in [0, 0.05) is 12.7 Å². The smallest absolute Gasteiger partial charge is 0.0337 e.